The third kappa shape index (κ3) is 1.24. The number of anilines is 1. The van der Waals surface area contributed by atoms with E-state index >= 15 is 0 Å². The van der Waals surface area contributed by atoms with E-state index in [4.69, 9.17) is 0 Å². The molecule has 0 fully saturated rings. The van der Waals surface area contributed by atoms with Gasteiger partial charge in [-0.25, -0.2) is 0 Å². The number of aromatic nitrogens is 1. The number of nitrogens with one attached hydrogen (secondary N) is 1. The highest BCUT2D eigenvalue weighted by Crippen LogP contribution is 2.32. The molecule has 0 spiro atoms. The zero-order chi connectivity index (χ0) is 11.2. The standard InChI is InChI=1S/C13H18N2/c1-8-6-7-11(14-4)12-9(2)10(3)15(5)13(8)12/h6-7,14H,1-5H3. The molecule has 2 nitrogen and oxygen atoms in total. The van der Waals surface area contributed by atoms with Gasteiger partial charge in [0.2, 0.25) is 0 Å². The van der Waals surface area contributed by atoms with Crippen LogP contribution in [0.25, 0.3) is 10.9 Å². The van der Waals surface area contributed by atoms with Crippen LogP contribution in [0.4, 0.5) is 5.69 Å². The summed E-state index contributed by atoms with van der Waals surface area (Å²) in [5.74, 6) is 0. The molecule has 0 saturated heterocycles. The van der Waals surface area contributed by atoms with E-state index in [0.717, 1.165) is 0 Å². The van der Waals surface area contributed by atoms with Crippen LogP contribution in [0.15, 0.2) is 12.1 Å². The predicted molar refractivity (Wildman–Crippen MR) is 66.7 cm³/mol. The van der Waals surface area contributed by atoms with E-state index in [2.05, 4.69) is 49.8 Å². The number of fused-ring (bicyclic) bond motifs is 1. The monoisotopic (exact) mass is 202 g/mol. The normalized spacial score (nSPS) is 11.0. The van der Waals surface area contributed by atoms with Gasteiger partial charge in [-0.05, 0) is 38.0 Å². The van der Waals surface area contributed by atoms with Gasteiger partial charge in [0.25, 0.3) is 0 Å². The minimum Gasteiger partial charge on any atom is -0.388 e. The molecule has 0 amide bonds. The van der Waals surface area contributed by atoms with Crippen molar-refractivity contribution in [1.82, 2.24) is 4.57 Å². The van der Waals surface area contributed by atoms with Gasteiger partial charge in [0.1, 0.15) is 0 Å². The average molecular weight is 202 g/mol. The summed E-state index contributed by atoms with van der Waals surface area (Å²) >= 11 is 0. The molecular weight excluding hydrogens is 184 g/mol. The van der Waals surface area contributed by atoms with Gasteiger partial charge >= 0.3 is 0 Å². The van der Waals surface area contributed by atoms with Crippen LogP contribution in [0, 0.1) is 20.8 Å². The highest BCUT2D eigenvalue weighted by Gasteiger charge is 2.12. The molecule has 2 rings (SSSR count). The smallest absolute Gasteiger partial charge is 0.0533 e. The van der Waals surface area contributed by atoms with Crippen molar-refractivity contribution in [3.8, 4) is 0 Å². The van der Waals surface area contributed by atoms with Crippen molar-refractivity contribution in [2.45, 2.75) is 20.8 Å². The number of benzene rings is 1. The average Bonchev–Trinajstić information content (AvgIpc) is 2.46. The molecule has 0 aliphatic rings. The number of hydrogen-bond donors (Lipinski definition) is 1. The van der Waals surface area contributed by atoms with Gasteiger partial charge in [-0.15, -0.1) is 0 Å². The lowest BCUT2D eigenvalue weighted by Gasteiger charge is -2.06. The molecule has 0 bridgehead atoms. The second kappa shape index (κ2) is 3.30. The van der Waals surface area contributed by atoms with Crippen molar-refractivity contribution in [2.75, 3.05) is 12.4 Å². The highest BCUT2D eigenvalue weighted by molar-refractivity contribution is 5.98. The summed E-state index contributed by atoms with van der Waals surface area (Å²) in [5, 5.41) is 4.62. The van der Waals surface area contributed by atoms with Crippen LogP contribution in [0.3, 0.4) is 0 Å². The number of rotatable bonds is 1. The maximum Gasteiger partial charge on any atom is 0.0533 e. The van der Waals surface area contributed by atoms with Crippen molar-refractivity contribution in [3.63, 3.8) is 0 Å². The Hall–Kier alpha value is -1.44. The largest absolute Gasteiger partial charge is 0.388 e. The van der Waals surface area contributed by atoms with Crippen LogP contribution in [0.2, 0.25) is 0 Å². The predicted octanol–water partition coefficient (Wildman–Crippen LogP) is 3.15. The third-order valence-electron chi connectivity index (χ3n) is 3.41. The molecule has 0 saturated carbocycles. The number of hydrogen-bond acceptors (Lipinski definition) is 1. The van der Waals surface area contributed by atoms with Crippen LogP contribution >= 0.6 is 0 Å². The second-order valence-corrected chi connectivity index (χ2v) is 4.17. The van der Waals surface area contributed by atoms with Gasteiger partial charge in [0.15, 0.2) is 0 Å². The molecule has 1 aromatic heterocycles. The van der Waals surface area contributed by atoms with Crippen LogP contribution in [0.1, 0.15) is 16.8 Å². The Bertz CT molecular complexity index is 521. The SMILES string of the molecule is CNc1ccc(C)c2c1c(C)c(C)n2C. The van der Waals surface area contributed by atoms with Crippen molar-refractivity contribution in [1.29, 1.82) is 0 Å². The second-order valence-electron chi connectivity index (χ2n) is 4.17. The molecule has 0 atom stereocenters. The first-order valence-electron chi connectivity index (χ1n) is 5.31. The Morgan fingerprint density at radius 1 is 1.13 bits per heavy atom. The lowest BCUT2D eigenvalue weighted by Crippen LogP contribution is -1.93. The van der Waals surface area contributed by atoms with Gasteiger partial charge in [-0.1, -0.05) is 6.07 Å². The summed E-state index contributed by atoms with van der Waals surface area (Å²) in [4.78, 5) is 0. The van der Waals surface area contributed by atoms with Crippen molar-refractivity contribution < 1.29 is 0 Å². The van der Waals surface area contributed by atoms with Crippen LogP contribution in [-0.2, 0) is 7.05 Å². The Labute approximate surface area is 90.9 Å². The first kappa shape index (κ1) is 10.1. The summed E-state index contributed by atoms with van der Waals surface area (Å²) in [6.07, 6.45) is 0. The van der Waals surface area contributed by atoms with Crippen LogP contribution in [0.5, 0.6) is 0 Å². The van der Waals surface area contributed by atoms with Gasteiger partial charge in [0.05, 0.1) is 5.52 Å². The molecule has 15 heavy (non-hydrogen) atoms. The van der Waals surface area contributed by atoms with Crippen molar-refractivity contribution >= 4 is 16.6 Å². The highest BCUT2D eigenvalue weighted by atomic mass is 15.0. The number of nitrogens with zero attached hydrogens (tertiary/aromatic N) is 1. The van der Waals surface area contributed by atoms with E-state index in [-0.39, 0.29) is 0 Å². The zero-order valence-corrected chi connectivity index (χ0v) is 10.1. The minimum atomic E-state index is 1.22. The lowest BCUT2D eigenvalue weighted by molar-refractivity contribution is 0.907. The maximum atomic E-state index is 3.27. The zero-order valence-electron chi connectivity index (χ0n) is 10.1. The minimum absolute atomic E-state index is 1.22. The van der Waals surface area contributed by atoms with E-state index in [9.17, 15) is 0 Å². The van der Waals surface area contributed by atoms with Gasteiger partial charge < -0.3 is 9.88 Å². The summed E-state index contributed by atoms with van der Waals surface area (Å²) in [5.41, 5.74) is 6.62. The maximum absolute atomic E-state index is 3.27. The van der Waals surface area contributed by atoms with Crippen LogP contribution < -0.4 is 5.32 Å². The molecule has 2 aromatic rings. The molecular formula is C13H18N2. The van der Waals surface area contributed by atoms with E-state index in [1.165, 1.54) is 33.4 Å². The first-order valence-corrected chi connectivity index (χ1v) is 5.31. The van der Waals surface area contributed by atoms with Crippen molar-refractivity contribution in [2.24, 2.45) is 7.05 Å². The summed E-state index contributed by atoms with van der Waals surface area (Å²) in [7, 11) is 4.11. The van der Waals surface area contributed by atoms with E-state index in [1.54, 1.807) is 0 Å². The molecule has 1 heterocycles. The van der Waals surface area contributed by atoms with Gasteiger partial charge in [-0.2, -0.15) is 0 Å². The van der Waals surface area contributed by atoms with E-state index in [1.807, 2.05) is 7.05 Å². The Balaban J connectivity index is 3.01. The third-order valence-corrected chi connectivity index (χ3v) is 3.41. The molecule has 80 valence electrons. The van der Waals surface area contributed by atoms with Gasteiger partial charge in [-0.3, -0.25) is 0 Å². The first-order chi connectivity index (χ1) is 7.07. The molecule has 1 N–H and O–H groups in total. The summed E-state index contributed by atoms with van der Waals surface area (Å²) in [6.45, 7) is 6.53. The Morgan fingerprint density at radius 3 is 2.40 bits per heavy atom. The quantitative estimate of drug-likeness (QED) is 0.751. The fourth-order valence-electron chi connectivity index (χ4n) is 2.32. The summed E-state index contributed by atoms with van der Waals surface area (Å²) < 4.78 is 2.28. The Morgan fingerprint density at radius 2 is 1.80 bits per heavy atom. The van der Waals surface area contributed by atoms with Crippen molar-refractivity contribution in [3.05, 3.63) is 29.0 Å². The van der Waals surface area contributed by atoms with E-state index in [0.29, 0.717) is 0 Å². The van der Waals surface area contributed by atoms with E-state index < -0.39 is 0 Å². The Kier molecular flexibility index (Phi) is 2.22. The topological polar surface area (TPSA) is 17.0 Å². The summed E-state index contributed by atoms with van der Waals surface area (Å²) in [6, 6.07) is 4.33. The lowest BCUT2D eigenvalue weighted by atomic mass is 10.1. The fraction of sp³-hybridized carbons (Fsp3) is 0.385. The molecule has 0 aliphatic carbocycles. The van der Waals surface area contributed by atoms with Gasteiger partial charge in [0, 0.05) is 30.9 Å². The molecule has 2 heteroatoms. The molecule has 0 aliphatic heterocycles. The number of aryl methyl sites for hydroxylation is 3. The molecule has 0 radical (unpaired) electrons. The fourth-order valence-corrected chi connectivity index (χ4v) is 2.32. The molecule has 1 aromatic carbocycles. The molecule has 0 unspecified atom stereocenters. The van der Waals surface area contributed by atoms with Crippen LogP contribution in [-0.4, -0.2) is 11.6 Å².